The molecule has 0 N–H and O–H groups in total. The summed E-state index contributed by atoms with van der Waals surface area (Å²) in [6.07, 6.45) is 0.311. The Morgan fingerprint density at radius 1 is 1.18 bits per heavy atom. The Hall–Kier alpha value is -0.820. The van der Waals surface area contributed by atoms with Gasteiger partial charge in [-0.25, -0.2) is 0 Å². The molecule has 0 aromatic heterocycles. The Labute approximate surface area is 129 Å². The topological polar surface area (TPSA) is 32.8 Å². The van der Waals surface area contributed by atoms with E-state index in [1.165, 1.54) is 0 Å². The van der Waals surface area contributed by atoms with Crippen LogP contribution in [0.4, 0.5) is 13.2 Å². The summed E-state index contributed by atoms with van der Waals surface area (Å²) in [6.45, 7) is 2.97. The van der Waals surface area contributed by atoms with Gasteiger partial charge >= 0.3 is 6.18 Å². The first-order valence-corrected chi connectivity index (χ1v) is 8.10. The highest BCUT2D eigenvalue weighted by molar-refractivity contribution is 5.76. The number of alkyl halides is 3. The molecule has 1 amide bonds. The molecule has 22 heavy (non-hydrogen) atoms. The van der Waals surface area contributed by atoms with Crippen LogP contribution in [0.25, 0.3) is 0 Å². The van der Waals surface area contributed by atoms with Crippen molar-refractivity contribution in [2.45, 2.75) is 57.3 Å². The van der Waals surface area contributed by atoms with Crippen molar-refractivity contribution in [1.29, 1.82) is 0 Å². The number of hydrogen-bond donors (Lipinski definition) is 0. The molecular weight excluding hydrogens is 297 g/mol. The molecule has 7 heteroatoms. The lowest BCUT2D eigenvalue weighted by atomic mass is 10.0. The highest BCUT2D eigenvalue weighted by Gasteiger charge is 2.39. The Bertz CT molecular complexity index is 376. The van der Waals surface area contributed by atoms with Crippen LogP contribution in [0.5, 0.6) is 0 Å². The van der Waals surface area contributed by atoms with Gasteiger partial charge in [0.25, 0.3) is 0 Å². The van der Waals surface area contributed by atoms with Crippen molar-refractivity contribution >= 4 is 5.91 Å². The Kier molecular flexibility index (Phi) is 6.09. The first-order valence-electron chi connectivity index (χ1n) is 8.10. The average Bonchev–Trinajstić information content (AvgIpc) is 3.09. The van der Waals surface area contributed by atoms with Gasteiger partial charge in [0, 0.05) is 31.6 Å². The molecule has 0 radical (unpaired) electrons. The molecule has 2 fully saturated rings. The average molecular weight is 322 g/mol. The quantitative estimate of drug-likeness (QED) is 0.704. The van der Waals surface area contributed by atoms with Crippen LogP contribution in [-0.2, 0) is 9.53 Å². The molecule has 2 rings (SSSR count). The van der Waals surface area contributed by atoms with Gasteiger partial charge in [-0.15, -0.1) is 0 Å². The minimum Gasteiger partial charge on any atom is -0.371 e. The number of nitrogens with zero attached hydrogens (tertiary/aromatic N) is 2. The van der Waals surface area contributed by atoms with Crippen molar-refractivity contribution in [3.63, 3.8) is 0 Å². The van der Waals surface area contributed by atoms with Crippen LogP contribution >= 0.6 is 0 Å². The standard InChI is InChI=1S/C15H25F3N2O2/c1-2-14(21)20-8-4-6-13(20)12-5-3-7-19(12)9-10-22-11-15(16,17)18/h12-13H,2-11H2,1H3/t12-,13+/m0/s1. The smallest absolute Gasteiger partial charge is 0.371 e. The zero-order valence-corrected chi connectivity index (χ0v) is 13.1. The van der Waals surface area contributed by atoms with Gasteiger partial charge in [0.15, 0.2) is 0 Å². The van der Waals surface area contributed by atoms with E-state index in [0.717, 1.165) is 38.8 Å². The molecule has 2 heterocycles. The minimum absolute atomic E-state index is 0.0878. The third-order valence-corrected chi connectivity index (χ3v) is 4.57. The first-order chi connectivity index (χ1) is 10.4. The second kappa shape index (κ2) is 7.64. The van der Waals surface area contributed by atoms with Crippen molar-refractivity contribution in [2.75, 3.05) is 32.8 Å². The molecule has 128 valence electrons. The lowest BCUT2D eigenvalue weighted by molar-refractivity contribution is -0.174. The number of carbonyl (C=O) groups excluding carboxylic acids is 1. The SMILES string of the molecule is CCC(=O)N1CCC[C@@H]1[C@@H]1CCCN1CCOCC(F)(F)F. The summed E-state index contributed by atoms with van der Waals surface area (Å²) in [6, 6.07) is 0.491. The number of carbonyl (C=O) groups is 1. The van der Waals surface area contributed by atoms with Gasteiger partial charge in [0.2, 0.25) is 5.91 Å². The summed E-state index contributed by atoms with van der Waals surface area (Å²) in [5.41, 5.74) is 0. The van der Waals surface area contributed by atoms with Gasteiger partial charge < -0.3 is 9.64 Å². The fourth-order valence-electron chi connectivity index (χ4n) is 3.64. The van der Waals surface area contributed by atoms with E-state index in [1.54, 1.807) is 0 Å². The van der Waals surface area contributed by atoms with Gasteiger partial charge in [-0.05, 0) is 32.2 Å². The summed E-state index contributed by atoms with van der Waals surface area (Å²) >= 11 is 0. The van der Waals surface area contributed by atoms with Gasteiger partial charge in [-0.2, -0.15) is 13.2 Å². The lowest BCUT2D eigenvalue weighted by Gasteiger charge is -2.35. The molecule has 2 atom stereocenters. The van der Waals surface area contributed by atoms with E-state index >= 15 is 0 Å². The number of rotatable bonds is 6. The molecule has 2 aliphatic rings. The van der Waals surface area contributed by atoms with Crippen LogP contribution in [0.3, 0.4) is 0 Å². The first kappa shape index (κ1) is 17.5. The van der Waals surface area contributed by atoms with E-state index in [1.807, 2.05) is 11.8 Å². The summed E-state index contributed by atoms with van der Waals surface area (Å²) in [5.74, 6) is 0.183. The summed E-state index contributed by atoms with van der Waals surface area (Å²) < 4.78 is 40.9. The minimum atomic E-state index is -4.26. The number of likely N-dealkylation sites (tertiary alicyclic amines) is 2. The Morgan fingerprint density at radius 2 is 1.86 bits per heavy atom. The van der Waals surface area contributed by atoms with Crippen LogP contribution in [0, 0.1) is 0 Å². The highest BCUT2D eigenvalue weighted by Crippen LogP contribution is 2.30. The fraction of sp³-hybridized carbons (Fsp3) is 0.933. The van der Waals surface area contributed by atoms with Crippen LogP contribution in [0.2, 0.25) is 0 Å². The highest BCUT2D eigenvalue weighted by atomic mass is 19.4. The maximum atomic E-state index is 12.1. The number of halogens is 3. The third-order valence-electron chi connectivity index (χ3n) is 4.57. The van der Waals surface area contributed by atoms with Crippen LogP contribution in [0.1, 0.15) is 39.0 Å². The van der Waals surface area contributed by atoms with Crippen molar-refractivity contribution in [2.24, 2.45) is 0 Å². The molecule has 2 saturated heterocycles. The molecule has 4 nitrogen and oxygen atoms in total. The molecule has 0 saturated carbocycles. The number of ether oxygens (including phenoxy) is 1. The maximum absolute atomic E-state index is 12.1. The van der Waals surface area contributed by atoms with E-state index in [4.69, 9.17) is 4.74 Å². The van der Waals surface area contributed by atoms with E-state index < -0.39 is 12.8 Å². The normalized spacial score (nSPS) is 26.8. The zero-order valence-electron chi connectivity index (χ0n) is 13.1. The van der Waals surface area contributed by atoms with Gasteiger partial charge in [-0.3, -0.25) is 9.69 Å². The van der Waals surface area contributed by atoms with E-state index in [0.29, 0.717) is 13.0 Å². The zero-order chi connectivity index (χ0) is 16.2. The van der Waals surface area contributed by atoms with Crippen molar-refractivity contribution in [3.05, 3.63) is 0 Å². The summed E-state index contributed by atoms with van der Waals surface area (Å²) in [5, 5.41) is 0. The van der Waals surface area contributed by atoms with Gasteiger partial charge in [-0.1, -0.05) is 6.92 Å². The summed E-state index contributed by atoms with van der Waals surface area (Å²) in [7, 11) is 0. The van der Waals surface area contributed by atoms with Crippen molar-refractivity contribution in [3.8, 4) is 0 Å². The summed E-state index contributed by atoms with van der Waals surface area (Å²) in [4.78, 5) is 16.2. The number of hydrogen-bond acceptors (Lipinski definition) is 3. The Morgan fingerprint density at radius 3 is 2.55 bits per heavy atom. The maximum Gasteiger partial charge on any atom is 0.411 e. The monoisotopic (exact) mass is 322 g/mol. The van der Waals surface area contributed by atoms with Crippen molar-refractivity contribution < 1.29 is 22.7 Å². The fourth-order valence-corrected chi connectivity index (χ4v) is 3.64. The molecular formula is C15H25F3N2O2. The number of amides is 1. The van der Waals surface area contributed by atoms with Crippen molar-refractivity contribution in [1.82, 2.24) is 9.80 Å². The van der Waals surface area contributed by atoms with Crippen LogP contribution < -0.4 is 0 Å². The van der Waals surface area contributed by atoms with E-state index in [-0.39, 0.29) is 24.6 Å². The predicted octanol–water partition coefficient (Wildman–Crippen LogP) is 2.43. The van der Waals surface area contributed by atoms with E-state index in [9.17, 15) is 18.0 Å². The second-order valence-corrected chi connectivity index (χ2v) is 6.06. The van der Waals surface area contributed by atoms with Gasteiger partial charge in [0.1, 0.15) is 6.61 Å². The van der Waals surface area contributed by atoms with Crippen LogP contribution in [0.15, 0.2) is 0 Å². The molecule has 0 unspecified atom stereocenters. The second-order valence-electron chi connectivity index (χ2n) is 6.06. The molecule has 0 aromatic carbocycles. The van der Waals surface area contributed by atoms with E-state index in [2.05, 4.69) is 4.90 Å². The largest absolute Gasteiger partial charge is 0.411 e. The predicted molar refractivity (Wildman–Crippen MR) is 76.5 cm³/mol. The van der Waals surface area contributed by atoms with Gasteiger partial charge in [0.05, 0.1) is 6.61 Å². The molecule has 0 spiro atoms. The molecule has 0 aromatic rings. The molecule has 0 aliphatic carbocycles. The van der Waals surface area contributed by atoms with Crippen LogP contribution in [-0.4, -0.2) is 66.8 Å². The lowest BCUT2D eigenvalue weighted by Crippen LogP contribution is -2.48. The molecule has 2 aliphatic heterocycles. The Balaban J connectivity index is 1.83. The third kappa shape index (κ3) is 4.59. The molecule has 0 bridgehead atoms.